The molecule has 3 N–H and O–H groups in total. The Kier molecular flexibility index (Phi) is 5.37. The molecular weight excluding hydrogens is 460 g/mol. The molecule has 0 unspecified atom stereocenters. The Bertz CT molecular complexity index is 1330. The highest BCUT2D eigenvalue weighted by molar-refractivity contribution is 6.33. The summed E-state index contributed by atoms with van der Waals surface area (Å²) in [6.45, 7) is 1.05. The normalized spacial score (nSPS) is 24.0. The van der Waals surface area contributed by atoms with Gasteiger partial charge in [0.25, 0.3) is 6.01 Å². The number of pyridine rings is 1. The van der Waals surface area contributed by atoms with E-state index in [2.05, 4.69) is 25.4 Å². The minimum atomic E-state index is -0.633. The Morgan fingerprint density at radius 1 is 1.18 bits per heavy atom. The standard InChI is InChI=1S/C23H23ClN6O4/c1-30-13(7-15(29-30)12-5-3-2-4-6-12)9-25-21-14(24)8-16-22(27-21)28-23(26-16)34-18-11-33-19-17(31)10-32-20(18)19/h2-8,17-20,31H,9-11H2,1H3,(H2,25,26,27,28)/t17-,18-,19-,20-/m1/s1. The smallest absolute Gasteiger partial charge is 0.296 e. The largest absolute Gasteiger partial charge is 0.456 e. The number of H-pyrrole nitrogens is 1. The van der Waals surface area contributed by atoms with Gasteiger partial charge in [0, 0.05) is 12.6 Å². The van der Waals surface area contributed by atoms with Crippen molar-refractivity contribution in [1.82, 2.24) is 24.7 Å². The van der Waals surface area contributed by atoms with Gasteiger partial charge in [-0.25, -0.2) is 4.98 Å². The molecule has 0 saturated carbocycles. The highest BCUT2D eigenvalue weighted by Gasteiger charge is 2.48. The fraction of sp³-hybridized carbons (Fsp3) is 0.348. The summed E-state index contributed by atoms with van der Waals surface area (Å²) in [6, 6.07) is 14.1. The summed E-state index contributed by atoms with van der Waals surface area (Å²) in [6.07, 6.45) is -1.69. The van der Waals surface area contributed by atoms with E-state index in [-0.39, 0.29) is 24.9 Å². The highest BCUT2D eigenvalue weighted by atomic mass is 35.5. The fourth-order valence-corrected chi connectivity index (χ4v) is 4.58. The predicted octanol–water partition coefficient (Wildman–Crippen LogP) is 2.53. The molecule has 4 atom stereocenters. The van der Waals surface area contributed by atoms with Crippen LogP contribution in [0.15, 0.2) is 42.5 Å². The third kappa shape index (κ3) is 3.88. The Hall–Kier alpha value is -3.18. The van der Waals surface area contributed by atoms with Gasteiger partial charge >= 0.3 is 0 Å². The number of nitrogens with one attached hydrogen (secondary N) is 2. The lowest BCUT2D eigenvalue weighted by Gasteiger charge is -2.15. The topological polar surface area (TPSA) is 119 Å². The Morgan fingerprint density at radius 2 is 2.00 bits per heavy atom. The Labute approximate surface area is 199 Å². The molecular formula is C23H23ClN6O4. The molecule has 11 heteroatoms. The molecule has 34 heavy (non-hydrogen) atoms. The first kappa shape index (κ1) is 21.4. The maximum atomic E-state index is 9.90. The SMILES string of the molecule is Cn1nc(-c2ccccc2)cc1CNc1nc2nc(O[C@@H]3CO[C@H]4[C@@H]3OC[C@H]4O)[nH]c2cc1Cl. The lowest BCUT2D eigenvalue weighted by molar-refractivity contribution is 0.00706. The van der Waals surface area contributed by atoms with Gasteiger partial charge in [-0.2, -0.15) is 10.1 Å². The number of imidazole rings is 1. The summed E-state index contributed by atoms with van der Waals surface area (Å²) in [5, 5.41) is 18.2. The van der Waals surface area contributed by atoms with Gasteiger partial charge in [0.1, 0.15) is 24.1 Å². The van der Waals surface area contributed by atoms with Crippen molar-refractivity contribution in [3.63, 3.8) is 0 Å². The fourth-order valence-electron chi connectivity index (χ4n) is 4.36. The average molecular weight is 483 g/mol. The minimum Gasteiger partial charge on any atom is -0.456 e. The zero-order chi connectivity index (χ0) is 23.2. The molecule has 6 rings (SSSR count). The lowest BCUT2D eigenvalue weighted by atomic mass is 10.1. The molecule has 2 fully saturated rings. The van der Waals surface area contributed by atoms with Crippen molar-refractivity contribution >= 4 is 28.6 Å². The van der Waals surface area contributed by atoms with Crippen LogP contribution in [0.3, 0.4) is 0 Å². The number of nitrogens with zero attached hydrogens (tertiary/aromatic N) is 4. The Balaban J connectivity index is 1.17. The molecule has 1 aromatic carbocycles. The number of benzene rings is 1. The van der Waals surface area contributed by atoms with Gasteiger partial charge in [0.15, 0.2) is 11.8 Å². The summed E-state index contributed by atoms with van der Waals surface area (Å²) in [5.41, 5.74) is 4.07. The first-order chi connectivity index (χ1) is 16.5. The van der Waals surface area contributed by atoms with Crippen molar-refractivity contribution in [2.24, 2.45) is 7.05 Å². The molecule has 0 amide bonds. The number of hydrogen-bond acceptors (Lipinski definition) is 8. The monoisotopic (exact) mass is 482 g/mol. The first-order valence-electron chi connectivity index (χ1n) is 11.0. The molecule has 0 aliphatic carbocycles. The van der Waals surface area contributed by atoms with E-state index in [1.165, 1.54) is 0 Å². The quantitative estimate of drug-likeness (QED) is 0.383. The van der Waals surface area contributed by atoms with Crippen LogP contribution >= 0.6 is 11.6 Å². The third-order valence-electron chi connectivity index (χ3n) is 6.13. The number of aromatic nitrogens is 5. The summed E-state index contributed by atoms with van der Waals surface area (Å²) >= 11 is 6.48. The molecule has 3 aromatic heterocycles. The van der Waals surface area contributed by atoms with Gasteiger partial charge in [-0.1, -0.05) is 41.9 Å². The third-order valence-corrected chi connectivity index (χ3v) is 6.42. The maximum absolute atomic E-state index is 9.90. The second kappa shape index (κ2) is 8.55. The zero-order valence-corrected chi connectivity index (χ0v) is 19.1. The number of halogens is 1. The molecule has 5 heterocycles. The van der Waals surface area contributed by atoms with Crippen LogP contribution < -0.4 is 10.1 Å². The zero-order valence-electron chi connectivity index (χ0n) is 18.3. The van der Waals surface area contributed by atoms with Crippen molar-refractivity contribution < 1.29 is 19.3 Å². The molecule has 0 bridgehead atoms. The molecule has 0 radical (unpaired) electrons. The van der Waals surface area contributed by atoms with Gasteiger partial charge in [-0.15, -0.1) is 0 Å². The van der Waals surface area contributed by atoms with Crippen LogP contribution in [-0.4, -0.2) is 67.5 Å². The average Bonchev–Trinajstić information content (AvgIpc) is 3.59. The van der Waals surface area contributed by atoms with Crippen molar-refractivity contribution in [3.05, 3.63) is 53.2 Å². The lowest BCUT2D eigenvalue weighted by Crippen LogP contribution is -2.34. The van der Waals surface area contributed by atoms with E-state index in [1.807, 2.05) is 48.1 Å². The minimum absolute atomic E-state index is 0.241. The Morgan fingerprint density at radius 3 is 2.85 bits per heavy atom. The van der Waals surface area contributed by atoms with E-state index in [1.54, 1.807) is 6.07 Å². The van der Waals surface area contributed by atoms with Crippen LogP contribution in [0.25, 0.3) is 22.4 Å². The number of aryl methyl sites for hydroxylation is 1. The summed E-state index contributed by atoms with van der Waals surface area (Å²) in [5.74, 6) is 0.515. The summed E-state index contributed by atoms with van der Waals surface area (Å²) < 4.78 is 19.0. The van der Waals surface area contributed by atoms with Crippen molar-refractivity contribution in [3.8, 4) is 17.3 Å². The van der Waals surface area contributed by atoms with E-state index >= 15 is 0 Å². The van der Waals surface area contributed by atoms with Crippen LogP contribution in [0.1, 0.15) is 5.69 Å². The van der Waals surface area contributed by atoms with Gasteiger partial charge in [-0.05, 0) is 12.1 Å². The number of ether oxygens (including phenoxy) is 3. The van der Waals surface area contributed by atoms with Gasteiger partial charge in [-0.3, -0.25) is 4.68 Å². The van der Waals surface area contributed by atoms with Gasteiger partial charge in [0.05, 0.1) is 41.7 Å². The van der Waals surface area contributed by atoms with Crippen molar-refractivity contribution in [2.45, 2.75) is 31.0 Å². The van der Waals surface area contributed by atoms with Crippen molar-refractivity contribution in [2.75, 3.05) is 18.5 Å². The second-order valence-electron chi connectivity index (χ2n) is 8.42. The molecule has 0 spiro atoms. The van der Waals surface area contributed by atoms with Crippen LogP contribution in [0.4, 0.5) is 5.82 Å². The number of aliphatic hydroxyl groups is 1. The van der Waals surface area contributed by atoms with E-state index in [0.717, 1.165) is 17.0 Å². The molecule has 2 aliphatic heterocycles. The predicted molar refractivity (Wildman–Crippen MR) is 125 cm³/mol. The van der Waals surface area contributed by atoms with E-state index in [9.17, 15) is 5.11 Å². The summed E-state index contributed by atoms with van der Waals surface area (Å²) in [4.78, 5) is 12.1. The number of rotatable bonds is 6. The number of hydrogen-bond donors (Lipinski definition) is 3. The molecule has 176 valence electrons. The number of aromatic amines is 1. The number of fused-ring (bicyclic) bond motifs is 2. The number of anilines is 1. The van der Waals surface area contributed by atoms with E-state index in [0.29, 0.717) is 41.2 Å². The molecule has 10 nitrogen and oxygen atoms in total. The molecule has 4 aromatic rings. The maximum Gasteiger partial charge on any atom is 0.296 e. The summed E-state index contributed by atoms with van der Waals surface area (Å²) in [7, 11) is 1.91. The van der Waals surface area contributed by atoms with Crippen LogP contribution in [0.5, 0.6) is 6.01 Å². The van der Waals surface area contributed by atoms with E-state index in [4.69, 9.17) is 25.8 Å². The second-order valence-corrected chi connectivity index (χ2v) is 8.82. The van der Waals surface area contributed by atoms with Crippen molar-refractivity contribution in [1.29, 1.82) is 0 Å². The van der Waals surface area contributed by atoms with E-state index < -0.39 is 6.10 Å². The van der Waals surface area contributed by atoms with Crippen LogP contribution in [-0.2, 0) is 23.1 Å². The molecule has 2 saturated heterocycles. The van der Waals surface area contributed by atoms with Gasteiger partial charge < -0.3 is 29.6 Å². The first-order valence-corrected chi connectivity index (χ1v) is 11.4. The molecule has 2 aliphatic rings. The van der Waals surface area contributed by atoms with Crippen LogP contribution in [0, 0.1) is 0 Å². The van der Waals surface area contributed by atoms with Crippen LogP contribution in [0.2, 0.25) is 5.02 Å². The van der Waals surface area contributed by atoms with Gasteiger partial charge in [0.2, 0.25) is 0 Å². The highest BCUT2D eigenvalue weighted by Crippen LogP contribution is 2.31. The number of aliphatic hydroxyl groups excluding tert-OH is 1.